The van der Waals surface area contributed by atoms with Gasteiger partial charge in [0.25, 0.3) is 11.8 Å². The number of furan rings is 1. The van der Waals surface area contributed by atoms with E-state index in [-0.39, 0.29) is 17.9 Å². The summed E-state index contributed by atoms with van der Waals surface area (Å²) in [7, 11) is 0. The van der Waals surface area contributed by atoms with Crippen LogP contribution in [0.1, 0.15) is 33.8 Å². The van der Waals surface area contributed by atoms with Crippen LogP contribution >= 0.6 is 0 Å². The largest absolute Gasteiger partial charge is 0.459 e. The zero-order chi connectivity index (χ0) is 14.7. The van der Waals surface area contributed by atoms with Crippen molar-refractivity contribution in [1.82, 2.24) is 15.2 Å². The molecule has 3 heterocycles. The number of aromatic amines is 1. The third-order valence-electron chi connectivity index (χ3n) is 3.64. The summed E-state index contributed by atoms with van der Waals surface area (Å²) in [5, 5.41) is 2.97. The van der Waals surface area contributed by atoms with E-state index < -0.39 is 0 Å². The molecule has 1 saturated heterocycles. The zero-order valence-electron chi connectivity index (χ0n) is 11.5. The highest BCUT2D eigenvalue weighted by molar-refractivity contribution is 5.94. The van der Waals surface area contributed by atoms with Crippen molar-refractivity contribution in [1.29, 1.82) is 0 Å². The topological polar surface area (TPSA) is 78.3 Å². The van der Waals surface area contributed by atoms with Gasteiger partial charge in [-0.05, 0) is 31.0 Å². The molecular weight excluding hydrogens is 270 g/mol. The first-order valence-electron chi connectivity index (χ1n) is 7.00. The summed E-state index contributed by atoms with van der Waals surface area (Å²) < 4.78 is 5.14. The molecular formula is C15H17N3O3. The van der Waals surface area contributed by atoms with Crippen molar-refractivity contribution in [2.24, 2.45) is 0 Å². The molecule has 0 saturated carbocycles. The Kier molecular flexibility index (Phi) is 3.77. The van der Waals surface area contributed by atoms with Crippen LogP contribution in [0.15, 0.2) is 41.3 Å². The van der Waals surface area contributed by atoms with Crippen LogP contribution in [0.2, 0.25) is 0 Å². The fourth-order valence-corrected chi connectivity index (χ4v) is 2.57. The van der Waals surface area contributed by atoms with Gasteiger partial charge in [0.15, 0.2) is 5.76 Å². The second-order valence-corrected chi connectivity index (χ2v) is 5.14. The van der Waals surface area contributed by atoms with E-state index in [0.717, 1.165) is 12.8 Å². The van der Waals surface area contributed by atoms with Crippen molar-refractivity contribution >= 4 is 11.8 Å². The van der Waals surface area contributed by atoms with Gasteiger partial charge in [-0.3, -0.25) is 9.59 Å². The Morgan fingerprint density at radius 1 is 1.38 bits per heavy atom. The monoisotopic (exact) mass is 287 g/mol. The van der Waals surface area contributed by atoms with Gasteiger partial charge in [-0.2, -0.15) is 0 Å². The van der Waals surface area contributed by atoms with Crippen LogP contribution in [-0.4, -0.2) is 40.8 Å². The van der Waals surface area contributed by atoms with E-state index in [1.807, 2.05) is 0 Å². The fourth-order valence-electron chi connectivity index (χ4n) is 2.57. The van der Waals surface area contributed by atoms with E-state index in [9.17, 15) is 9.59 Å². The maximum atomic E-state index is 12.2. The quantitative estimate of drug-likeness (QED) is 0.900. The number of hydrogen-bond acceptors (Lipinski definition) is 3. The number of likely N-dealkylation sites (tertiary alicyclic amines) is 1. The highest BCUT2D eigenvalue weighted by atomic mass is 16.3. The van der Waals surface area contributed by atoms with Crippen LogP contribution in [0.25, 0.3) is 0 Å². The Labute approximate surface area is 122 Å². The van der Waals surface area contributed by atoms with Crippen molar-refractivity contribution < 1.29 is 14.0 Å². The number of hydrogen-bond donors (Lipinski definition) is 2. The van der Waals surface area contributed by atoms with E-state index in [4.69, 9.17) is 4.42 Å². The molecule has 2 aromatic heterocycles. The van der Waals surface area contributed by atoms with Gasteiger partial charge in [-0.25, -0.2) is 0 Å². The number of carbonyl (C=O) groups is 2. The molecule has 3 rings (SSSR count). The van der Waals surface area contributed by atoms with Gasteiger partial charge < -0.3 is 19.6 Å². The Morgan fingerprint density at radius 2 is 2.29 bits per heavy atom. The molecule has 6 heteroatoms. The average Bonchev–Trinajstić information content (AvgIpc) is 3.20. The molecule has 2 amide bonds. The molecule has 0 aromatic carbocycles. The molecule has 1 fully saturated rings. The first-order chi connectivity index (χ1) is 10.2. The molecule has 2 aromatic rings. The SMILES string of the molecule is O=C(NC1CCCN(C(=O)c2ccco2)C1)c1cc[nH]c1. The zero-order valence-corrected chi connectivity index (χ0v) is 11.5. The maximum Gasteiger partial charge on any atom is 0.289 e. The van der Waals surface area contributed by atoms with Gasteiger partial charge in [0.2, 0.25) is 0 Å². The normalized spacial score (nSPS) is 18.5. The number of H-pyrrole nitrogens is 1. The minimum Gasteiger partial charge on any atom is -0.459 e. The molecule has 110 valence electrons. The molecule has 1 aliphatic rings. The molecule has 0 aliphatic carbocycles. The molecule has 0 spiro atoms. The Morgan fingerprint density at radius 3 is 3.00 bits per heavy atom. The summed E-state index contributed by atoms with van der Waals surface area (Å²) in [5.41, 5.74) is 0.601. The van der Waals surface area contributed by atoms with Crippen molar-refractivity contribution in [2.45, 2.75) is 18.9 Å². The molecule has 1 atom stereocenters. The summed E-state index contributed by atoms with van der Waals surface area (Å²) in [6.07, 6.45) is 6.59. The molecule has 2 N–H and O–H groups in total. The lowest BCUT2D eigenvalue weighted by Gasteiger charge is -2.32. The Bertz CT molecular complexity index is 604. The highest BCUT2D eigenvalue weighted by Crippen LogP contribution is 2.14. The average molecular weight is 287 g/mol. The number of carbonyl (C=O) groups excluding carboxylic acids is 2. The first-order valence-corrected chi connectivity index (χ1v) is 7.00. The lowest BCUT2D eigenvalue weighted by Crippen LogP contribution is -2.49. The van der Waals surface area contributed by atoms with E-state index >= 15 is 0 Å². The van der Waals surface area contributed by atoms with Crippen molar-refractivity contribution in [2.75, 3.05) is 13.1 Å². The second-order valence-electron chi connectivity index (χ2n) is 5.14. The smallest absolute Gasteiger partial charge is 0.289 e. The predicted molar refractivity (Wildman–Crippen MR) is 75.9 cm³/mol. The Hall–Kier alpha value is -2.50. The van der Waals surface area contributed by atoms with Gasteiger partial charge in [-0.15, -0.1) is 0 Å². The molecule has 21 heavy (non-hydrogen) atoms. The number of nitrogens with one attached hydrogen (secondary N) is 2. The van der Waals surface area contributed by atoms with Gasteiger partial charge in [0.1, 0.15) is 0 Å². The van der Waals surface area contributed by atoms with Gasteiger partial charge in [0.05, 0.1) is 11.8 Å². The van der Waals surface area contributed by atoms with E-state index in [1.165, 1.54) is 6.26 Å². The van der Waals surface area contributed by atoms with Crippen LogP contribution in [-0.2, 0) is 0 Å². The van der Waals surface area contributed by atoms with Crippen LogP contribution in [0.5, 0.6) is 0 Å². The lowest BCUT2D eigenvalue weighted by molar-refractivity contribution is 0.0647. The minimum absolute atomic E-state index is 0.0277. The second kappa shape index (κ2) is 5.87. The molecule has 1 aliphatic heterocycles. The Balaban J connectivity index is 1.61. The number of aromatic nitrogens is 1. The van der Waals surface area contributed by atoms with E-state index in [0.29, 0.717) is 24.4 Å². The van der Waals surface area contributed by atoms with Crippen molar-refractivity contribution in [3.8, 4) is 0 Å². The number of nitrogens with zero attached hydrogens (tertiary/aromatic N) is 1. The number of amides is 2. The summed E-state index contributed by atoms with van der Waals surface area (Å²) in [6, 6.07) is 5.05. The minimum atomic E-state index is -0.124. The van der Waals surface area contributed by atoms with E-state index in [2.05, 4.69) is 10.3 Å². The third-order valence-corrected chi connectivity index (χ3v) is 3.64. The van der Waals surface area contributed by atoms with Crippen molar-refractivity contribution in [3.05, 3.63) is 48.2 Å². The summed E-state index contributed by atoms with van der Waals surface area (Å²) in [6.45, 7) is 1.20. The first kappa shape index (κ1) is 13.5. The molecule has 0 bridgehead atoms. The van der Waals surface area contributed by atoms with Crippen LogP contribution < -0.4 is 5.32 Å². The standard InChI is InChI=1S/C15H17N3O3/c19-14(11-5-6-16-9-11)17-12-3-1-7-18(10-12)15(20)13-4-2-8-21-13/h2,4-6,8-9,12,16H,1,3,7,10H2,(H,17,19). The number of rotatable bonds is 3. The highest BCUT2D eigenvalue weighted by Gasteiger charge is 2.26. The summed E-state index contributed by atoms with van der Waals surface area (Å²) in [4.78, 5) is 28.8. The molecule has 1 unspecified atom stereocenters. The van der Waals surface area contributed by atoms with E-state index in [1.54, 1.807) is 35.5 Å². The third kappa shape index (κ3) is 2.99. The molecule has 6 nitrogen and oxygen atoms in total. The van der Waals surface area contributed by atoms with Crippen LogP contribution in [0.4, 0.5) is 0 Å². The fraction of sp³-hybridized carbons (Fsp3) is 0.333. The summed E-state index contributed by atoms with van der Waals surface area (Å²) in [5.74, 6) is 0.0988. The van der Waals surface area contributed by atoms with Gasteiger partial charge in [-0.1, -0.05) is 0 Å². The maximum absolute atomic E-state index is 12.2. The van der Waals surface area contributed by atoms with Crippen molar-refractivity contribution in [3.63, 3.8) is 0 Å². The lowest BCUT2D eigenvalue weighted by atomic mass is 10.0. The predicted octanol–water partition coefficient (Wildman–Crippen LogP) is 1.64. The summed E-state index contributed by atoms with van der Waals surface area (Å²) >= 11 is 0. The molecule has 0 radical (unpaired) electrons. The van der Waals surface area contributed by atoms with Gasteiger partial charge in [0, 0.05) is 31.5 Å². The van der Waals surface area contributed by atoms with Crippen LogP contribution in [0, 0.1) is 0 Å². The number of piperidine rings is 1. The van der Waals surface area contributed by atoms with Gasteiger partial charge >= 0.3 is 0 Å². The van der Waals surface area contributed by atoms with Crippen LogP contribution in [0.3, 0.4) is 0 Å².